The molecule has 1 N–H and O–H groups in total. The fourth-order valence-electron chi connectivity index (χ4n) is 2.52. The first-order valence-corrected chi connectivity index (χ1v) is 8.00. The van der Waals surface area contributed by atoms with Gasteiger partial charge < -0.3 is 15.0 Å². The number of benzene rings is 2. The molecule has 1 aliphatic heterocycles. The van der Waals surface area contributed by atoms with E-state index in [0.29, 0.717) is 6.61 Å². The van der Waals surface area contributed by atoms with E-state index >= 15 is 0 Å². The van der Waals surface area contributed by atoms with Gasteiger partial charge in [0.1, 0.15) is 18.2 Å². The molecule has 0 spiro atoms. The molecule has 0 aromatic heterocycles. The Morgan fingerprint density at radius 1 is 1.13 bits per heavy atom. The van der Waals surface area contributed by atoms with Gasteiger partial charge in [-0.05, 0) is 36.2 Å². The largest absolute Gasteiger partial charge is 0.489 e. The second kappa shape index (κ2) is 7.18. The van der Waals surface area contributed by atoms with E-state index in [-0.39, 0.29) is 0 Å². The molecule has 1 heterocycles. The quantitative estimate of drug-likeness (QED) is 0.922. The molecular formula is C19H23N3O. The van der Waals surface area contributed by atoms with E-state index in [1.54, 1.807) is 0 Å². The molecule has 1 aliphatic rings. The maximum absolute atomic E-state index is 5.93. The number of hydrogen-bond donors (Lipinski definition) is 1. The topological polar surface area (TPSA) is 36.9 Å². The summed E-state index contributed by atoms with van der Waals surface area (Å²) in [5.74, 6) is 1.84. The summed E-state index contributed by atoms with van der Waals surface area (Å²) in [5.41, 5.74) is 3.44. The molecule has 23 heavy (non-hydrogen) atoms. The number of aliphatic imine (C=N–C) groups is 1. The van der Waals surface area contributed by atoms with E-state index in [1.807, 2.05) is 32.3 Å². The Kier molecular flexibility index (Phi) is 4.81. The number of hydrogen-bond acceptors (Lipinski definition) is 4. The molecule has 120 valence electrons. The molecule has 0 radical (unpaired) electrons. The molecule has 0 unspecified atom stereocenters. The summed E-state index contributed by atoms with van der Waals surface area (Å²) in [4.78, 5) is 6.62. The van der Waals surface area contributed by atoms with Crippen LogP contribution in [0.15, 0.2) is 53.5 Å². The lowest BCUT2D eigenvalue weighted by Crippen LogP contribution is -2.30. The lowest BCUT2D eigenvalue weighted by Gasteiger charge is -2.16. The molecule has 4 nitrogen and oxygen atoms in total. The van der Waals surface area contributed by atoms with Crippen LogP contribution in [0.1, 0.15) is 17.5 Å². The number of nitrogens with one attached hydrogen (secondary N) is 1. The number of rotatable bonds is 5. The Labute approximate surface area is 137 Å². The molecule has 0 saturated heterocycles. The highest BCUT2D eigenvalue weighted by atomic mass is 16.5. The second-order valence-electron chi connectivity index (χ2n) is 5.89. The van der Waals surface area contributed by atoms with Crippen molar-refractivity contribution in [3.8, 4) is 5.75 Å². The monoisotopic (exact) mass is 309 g/mol. The van der Waals surface area contributed by atoms with E-state index in [9.17, 15) is 0 Å². The van der Waals surface area contributed by atoms with Gasteiger partial charge in [-0.25, -0.2) is 0 Å². The predicted molar refractivity (Wildman–Crippen MR) is 95.6 cm³/mol. The summed E-state index contributed by atoms with van der Waals surface area (Å²) >= 11 is 0. The molecule has 0 bridgehead atoms. The van der Waals surface area contributed by atoms with Gasteiger partial charge in [0.05, 0.1) is 0 Å². The molecule has 0 fully saturated rings. The molecular weight excluding hydrogens is 286 g/mol. The fourth-order valence-corrected chi connectivity index (χ4v) is 2.52. The van der Waals surface area contributed by atoms with Gasteiger partial charge in [0, 0.05) is 38.4 Å². The highest BCUT2D eigenvalue weighted by Gasteiger charge is 2.08. The number of nitrogens with zero attached hydrogens (tertiary/aromatic N) is 2. The number of amidine groups is 1. The van der Waals surface area contributed by atoms with Gasteiger partial charge in [-0.3, -0.25) is 4.99 Å². The van der Waals surface area contributed by atoms with Gasteiger partial charge in [-0.15, -0.1) is 0 Å². The van der Waals surface area contributed by atoms with Gasteiger partial charge in [0.2, 0.25) is 0 Å². The smallest absolute Gasteiger partial charge is 0.128 e. The standard InChI is InChI=1S/C19H23N3O/c1-22(2)17-9-7-15(8-10-17)14-23-18-6-3-5-16(13-18)19-20-11-4-12-21-19/h3,5-10,13H,4,11-12,14H2,1-2H3,(H,20,21). The maximum atomic E-state index is 5.93. The predicted octanol–water partition coefficient (Wildman–Crippen LogP) is 3.07. The maximum Gasteiger partial charge on any atom is 0.128 e. The minimum absolute atomic E-state index is 0.567. The third-order valence-corrected chi connectivity index (χ3v) is 3.86. The van der Waals surface area contributed by atoms with Crippen LogP contribution in [0, 0.1) is 0 Å². The number of ether oxygens (including phenoxy) is 1. The Morgan fingerprint density at radius 3 is 2.65 bits per heavy atom. The summed E-state index contributed by atoms with van der Waals surface area (Å²) in [5, 5.41) is 3.34. The summed E-state index contributed by atoms with van der Waals surface area (Å²) < 4.78 is 5.93. The Hall–Kier alpha value is -2.49. The first-order chi connectivity index (χ1) is 11.2. The van der Waals surface area contributed by atoms with E-state index in [2.05, 4.69) is 45.5 Å². The molecule has 2 aromatic carbocycles. The Morgan fingerprint density at radius 2 is 1.96 bits per heavy atom. The summed E-state index contributed by atoms with van der Waals surface area (Å²) in [6.07, 6.45) is 1.10. The first-order valence-electron chi connectivity index (χ1n) is 8.00. The van der Waals surface area contributed by atoms with E-state index in [0.717, 1.165) is 42.2 Å². The minimum atomic E-state index is 0.567. The zero-order valence-electron chi connectivity index (χ0n) is 13.7. The molecule has 0 saturated carbocycles. The SMILES string of the molecule is CN(C)c1ccc(COc2cccc(C3=NCCCN3)c2)cc1. The molecule has 2 aromatic rings. The molecule has 0 atom stereocenters. The lowest BCUT2D eigenvalue weighted by molar-refractivity contribution is 0.306. The lowest BCUT2D eigenvalue weighted by atomic mass is 10.1. The molecule has 0 amide bonds. The van der Waals surface area contributed by atoms with Crippen molar-refractivity contribution < 1.29 is 4.74 Å². The van der Waals surface area contributed by atoms with Crippen LogP contribution in [-0.4, -0.2) is 33.0 Å². The average Bonchev–Trinajstić information content (AvgIpc) is 2.61. The van der Waals surface area contributed by atoms with Crippen LogP contribution in [0.4, 0.5) is 5.69 Å². The van der Waals surface area contributed by atoms with Crippen molar-refractivity contribution >= 4 is 11.5 Å². The van der Waals surface area contributed by atoms with Crippen molar-refractivity contribution in [1.29, 1.82) is 0 Å². The van der Waals surface area contributed by atoms with E-state index in [1.165, 1.54) is 5.69 Å². The average molecular weight is 309 g/mol. The van der Waals surface area contributed by atoms with Crippen molar-refractivity contribution in [2.45, 2.75) is 13.0 Å². The van der Waals surface area contributed by atoms with Crippen LogP contribution in [-0.2, 0) is 6.61 Å². The third-order valence-electron chi connectivity index (χ3n) is 3.86. The highest BCUT2D eigenvalue weighted by molar-refractivity contribution is 5.99. The molecule has 4 heteroatoms. The first kappa shape index (κ1) is 15.4. The van der Waals surface area contributed by atoms with E-state index < -0.39 is 0 Å². The highest BCUT2D eigenvalue weighted by Crippen LogP contribution is 2.18. The van der Waals surface area contributed by atoms with Crippen molar-refractivity contribution in [1.82, 2.24) is 5.32 Å². The number of anilines is 1. The molecule has 3 rings (SSSR count). The fraction of sp³-hybridized carbons (Fsp3) is 0.316. The molecule has 0 aliphatic carbocycles. The van der Waals surface area contributed by atoms with Crippen LogP contribution in [0.5, 0.6) is 5.75 Å². The van der Waals surface area contributed by atoms with Crippen LogP contribution < -0.4 is 15.0 Å². The van der Waals surface area contributed by atoms with Gasteiger partial charge in [0.25, 0.3) is 0 Å². The summed E-state index contributed by atoms with van der Waals surface area (Å²) in [6.45, 7) is 2.45. The van der Waals surface area contributed by atoms with Crippen molar-refractivity contribution in [3.05, 3.63) is 59.7 Å². The normalized spacial score (nSPS) is 13.9. The van der Waals surface area contributed by atoms with E-state index in [4.69, 9.17) is 4.74 Å². The van der Waals surface area contributed by atoms with Gasteiger partial charge in [0.15, 0.2) is 0 Å². The summed E-state index contributed by atoms with van der Waals surface area (Å²) in [6, 6.07) is 16.5. The zero-order chi connectivity index (χ0) is 16.1. The van der Waals surface area contributed by atoms with Crippen molar-refractivity contribution in [2.75, 3.05) is 32.1 Å². The second-order valence-corrected chi connectivity index (χ2v) is 5.89. The van der Waals surface area contributed by atoms with Gasteiger partial charge in [-0.1, -0.05) is 24.3 Å². The Bertz CT molecular complexity index is 677. The Balaban J connectivity index is 1.65. The van der Waals surface area contributed by atoms with Crippen molar-refractivity contribution in [2.24, 2.45) is 4.99 Å². The zero-order valence-corrected chi connectivity index (χ0v) is 13.7. The van der Waals surface area contributed by atoms with Gasteiger partial charge in [-0.2, -0.15) is 0 Å². The third kappa shape index (κ3) is 4.03. The van der Waals surface area contributed by atoms with Crippen molar-refractivity contribution in [3.63, 3.8) is 0 Å². The summed E-state index contributed by atoms with van der Waals surface area (Å²) in [7, 11) is 4.08. The van der Waals surface area contributed by atoms with Crippen LogP contribution >= 0.6 is 0 Å². The van der Waals surface area contributed by atoms with Crippen LogP contribution in [0.25, 0.3) is 0 Å². The minimum Gasteiger partial charge on any atom is -0.489 e. The van der Waals surface area contributed by atoms with Gasteiger partial charge >= 0.3 is 0 Å². The van der Waals surface area contributed by atoms with Crippen LogP contribution in [0.3, 0.4) is 0 Å². The van der Waals surface area contributed by atoms with Crippen LogP contribution in [0.2, 0.25) is 0 Å².